The molecule has 0 spiro atoms. The van der Waals surface area contributed by atoms with E-state index in [1.54, 1.807) is 6.92 Å². The zero-order valence-corrected chi connectivity index (χ0v) is 8.50. The van der Waals surface area contributed by atoms with Gasteiger partial charge in [0, 0.05) is 11.6 Å². The second-order valence-corrected chi connectivity index (χ2v) is 3.85. The van der Waals surface area contributed by atoms with Crippen molar-refractivity contribution >= 4 is 16.8 Å². The fraction of sp³-hybridized carbons (Fsp3) is 0.250. The van der Waals surface area contributed by atoms with Gasteiger partial charge in [-0.1, -0.05) is 0 Å². The van der Waals surface area contributed by atoms with Gasteiger partial charge in [0.1, 0.15) is 0 Å². The minimum absolute atomic E-state index is 0.0942. The Morgan fingerprint density at radius 1 is 1.43 bits per heavy atom. The predicted octanol–water partition coefficient (Wildman–Crippen LogP) is 1.79. The molecule has 1 unspecified atom stereocenters. The summed E-state index contributed by atoms with van der Waals surface area (Å²) in [6, 6.07) is 2.85. The molecule has 5 nitrogen and oxygen atoms in total. The van der Waals surface area contributed by atoms with Gasteiger partial charge in [-0.2, -0.15) is 0 Å². The summed E-state index contributed by atoms with van der Waals surface area (Å²) in [6.07, 6.45) is 0. The van der Waals surface area contributed by atoms with E-state index in [-0.39, 0.29) is 16.1 Å². The van der Waals surface area contributed by atoms with E-state index in [0.29, 0.717) is 5.56 Å². The van der Waals surface area contributed by atoms with Crippen molar-refractivity contribution < 1.29 is 13.7 Å². The fourth-order valence-corrected chi connectivity index (χ4v) is 1.83. The van der Waals surface area contributed by atoms with Crippen LogP contribution in [0.1, 0.15) is 11.1 Å². The molecular weight excluding hydrogens is 206 g/mol. The Hall–Kier alpha value is -1.27. The molecule has 0 fully saturated rings. The molecule has 1 atom stereocenters. The van der Waals surface area contributed by atoms with Crippen molar-refractivity contribution in [2.24, 2.45) is 0 Å². The minimum atomic E-state index is -2.18. The van der Waals surface area contributed by atoms with Crippen molar-refractivity contribution in [3.63, 3.8) is 0 Å². The van der Waals surface area contributed by atoms with Crippen LogP contribution in [0.5, 0.6) is 0 Å². The Labute approximate surface area is 83.2 Å². The molecule has 1 rings (SSSR count). The van der Waals surface area contributed by atoms with Crippen LogP contribution < -0.4 is 0 Å². The molecule has 14 heavy (non-hydrogen) atoms. The highest BCUT2D eigenvalue weighted by atomic mass is 32.2. The van der Waals surface area contributed by atoms with Crippen LogP contribution in [0.2, 0.25) is 0 Å². The minimum Gasteiger partial charge on any atom is -0.302 e. The van der Waals surface area contributed by atoms with Gasteiger partial charge in [-0.15, -0.1) is 0 Å². The van der Waals surface area contributed by atoms with Crippen LogP contribution in [-0.2, 0) is 11.1 Å². The van der Waals surface area contributed by atoms with E-state index in [9.17, 15) is 14.3 Å². The molecule has 76 valence electrons. The van der Waals surface area contributed by atoms with Gasteiger partial charge in [0.15, 0.2) is 11.1 Å². The zero-order valence-electron chi connectivity index (χ0n) is 7.68. The molecule has 0 aliphatic carbocycles. The Balaban J connectivity index is 3.47. The first-order valence-corrected chi connectivity index (χ1v) is 4.90. The van der Waals surface area contributed by atoms with Gasteiger partial charge in [0.2, 0.25) is 0 Å². The lowest BCUT2D eigenvalue weighted by molar-refractivity contribution is -0.385. The topological polar surface area (TPSA) is 80.4 Å². The van der Waals surface area contributed by atoms with Crippen molar-refractivity contribution in [3.8, 4) is 0 Å². The molecule has 0 aromatic heterocycles. The molecule has 0 saturated heterocycles. The third-order valence-electron chi connectivity index (χ3n) is 1.86. The average Bonchev–Trinajstić information content (AvgIpc) is 2.07. The predicted molar refractivity (Wildman–Crippen MR) is 51.6 cm³/mol. The number of benzene rings is 1. The SMILES string of the molecule is Cc1cc([N+](=O)[O-])c(C)c(S(=O)O)c1. The van der Waals surface area contributed by atoms with E-state index in [4.69, 9.17) is 4.55 Å². The molecule has 1 N–H and O–H groups in total. The molecule has 0 saturated carbocycles. The lowest BCUT2D eigenvalue weighted by atomic mass is 10.1. The third-order valence-corrected chi connectivity index (χ3v) is 2.66. The van der Waals surface area contributed by atoms with Crippen molar-refractivity contribution in [2.75, 3.05) is 0 Å². The van der Waals surface area contributed by atoms with Crippen LogP contribution >= 0.6 is 0 Å². The highest BCUT2D eigenvalue weighted by molar-refractivity contribution is 7.79. The number of hydrogen-bond donors (Lipinski definition) is 1. The van der Waals surface area contributed by atoms with Crippen molar-refractivity contribution in [1.82, 2.24) is 0 Å². The van der Waals surface area contributed by atoms with Crippen LogP contribution in [0.15, 0.2) is 17.0 Å². The number of hydrogen-bond acceptors (Lipinski definition) is 3. The summed E-state index contributed by atoms with van der Waals surface area (Å²) in [5, 5.41) is 10.6. The van der Waals surface area contributed by atoms with Gasteiger partial charge in [-0.05, 0) is 25.5 Å². The zero-order chi connectivity index (χ0) is 10.9. The Bertz CT molecular complexity index is 381. The van der Waals surface area contributed by atoms with Crippen molar-refractivity contribution in [3.05, 3.63) is 33.4 Å². The molecular formula is C8H9NO4S. The van der Waals surface area contributed by atoms with Gasteiger partial charge in [0.25, 0.3) is 5.69 Å². The van der Waals surface area contributed by atoms with Gasteiger partial charge >= 0.3 is 0 Å². The summed E-state index contributed by atoms with van der Waals surface area (Å²) in [5.41, 5.74) is 0.712. The maximum Gasteiger partial charge on any atom is 0.273 e. The Morgan fingerprint density at radius 3 is 2.43 bits per heavy atom. The molecule has 0 aliphatic rings. The maximum atomic E-state index is 10.8. The van der Waals surface area contributed by atoms with Crippen LogP contribution in [0, 0.1) is 24.0 Å². The van der Waals surface area contributed by atoms with E-state index < -0.39 is 16.0 Å². The van der Waals surface area contributed by atoms with Gasteiger partial charge in [0.05, 0.1) is 9.82 Å². The van der Waals surface area contributed by atoms with E-state index in [2.05, 4.69) is 0 Å². The number of aryl methyl sites for hydroxylation is 1. The first-order valence-electron chi connectivity index (χ1n) is 3.80. The molecule has 1 aromatic carbocycles. The molecule has 0 aliphatic heterocycles. The first kappa shape index (κ1) is 10.8. The Morgan fingerprint density at radius 2 is 2.00 bits per heavy atom. The molecule has 0 amide bonds. The summed E-state index contributed by atoms with van der Waals surface area (Å²) in [6.45, 7) is 3.10. The van der Waals surface area contributed by atoms with Crippen molar-refractivity contribution in [2.45, 2.75) is 18.7 Å². The number of rotatable bonds is 2. The number of nitro groups is 1. The van der Waals surface area contributed by atoms with E-state index in [1.807, 2.05) is 0 Å². The van der Waals surface area contributed by atoms with Crippen molar-refractivity contribution in [1.29, 1.82) is 0 Å². The lowest BCUT2D eigenvalue weighted by Crippen LogP contribution is -1.99. The monoisotopic (exact) mass is 215 g/mol. The van der Waals surface area contributed by atoms with E-state index in [1.165, 1.54) is 19.1 Å². The normalized spacial score (nSPS) is 12.5. The van der Waals surface area contributed by atoms with Crippen LogP contribution in [0.4, 0.5) is 5.69 Å². The van der Waals surface area contributed by atoms with Crippen LogP contribution in [-0.4, -0.2) is 13.7 Å². The third kappa shape index (κ3) is 1.97. The molecule has 6 heteroatoms. The number of nitro benzene ring substituents is 1. The standard InChI is InChI=1S/C8H9NO4S/c1-5-3-7(9(10)11)6(2)8(4-5)14(12)13/h3-4H,1-2H3,(H,12,13). The van der Waals surface area contributed by atoms with Gasteiger partial charge in [-0.25, -0.2) is 4.21 Å². The molecule has 0 bridgehead atoms. The summed E-state index contributed by atoms with van der Waals surface area (Å²) in [7, 11) is 0. The summed E-state index contributed by atoms with van der Waals surface area (Å²) in [4.78, 5) is 10.1. The van der Waals surface area contributed by atoms with Gasteiger partial charge < -0.3 is 4.55 Å². The van der Waals surface area contributed by atoms with Gasteiger partial charge in [-0.3, -0.25) is 10.1 Å². The smallest absolute Gasteiger partial charge is 0.273 e. The van der Waals surface area contributed by atoms with E-state index in [0.717, 1.165) is 0 Å². The largest absolute Gasteiger partial charge is 0.302 e. The second-order valence-electron chi connectivity index (χ2n) is 2.91. The fourth-order valence-electron chi connectivity index (χ4n) is 1.18. The molecule has 1 aromatic rings. The second kappa shape index (κ2) is 3.85. The summed E-state index contributed by atoms with van der Waals surface area (Å²) < 4.78 is 19.7. The van der Waals surface area contributed by atoms with Crippen LogP contribution in [0.3, 0.4) is 0 Å². The summed E-state index contributed by atoms with van der Waals surface area (Å²) >= 11 is -2.18. The quantitative estimate of drug-likeness (QED) is 0.463. The molecule has 0 radical (unpaired) electrons. The lowest BCUT2D eigenvalue weighted by Gasteiger charge is -2.03. The highest BCUT2D eigenvalue weighted by Crippen LogP contribution is 2.25. The van der Waals surface area contributed by atoms with Crippen LogP contribution in [0.25, 0.3) is 0 Å². The van der Waals surface area contributed by atoms with E-state index >= 15 is 0 Å². The molecule has 0 heterocycles. The maximum absolute atomic E-state index is 10.8. The highest BCUT2D eigenvalue weighted by Gasteiger charge is 2.17. The summed E-state index contributed by atoms with van der Waals surface area (Å²) in [5.74, 6) is 0. The number of nitrogens with zero attached hydrogens (tertiary/aromatic N) is 1. The Kier molecular flexibility index (Phi) is 2.97. The average molecular weight is 215 g/mol. The first-order chi connectivity index (χ1) is 6.43.